The van der Waals surface area contributed by atoms with Crippen molar-refractivity contribution >= 4 is 23.7 Å². The van der Waals surface area contributed by atoms with Gasteiger partial charge in [0.05, 0.1) is 0 Å². The Labute approximate surface area is 163 Å². The van der Waals surface area contributed by atoms with Crippen molar-refractivity contribution in [1.82, 2.24) is 5.32 Å². The highest BCUT2D eigenvalue weighted by atomic mass is 32.2. The first kappa shape index (κ1) is 22.5. The quantitative estimate of drug-likeness (QED) is 0.364. The van der Waals surface area contributed by atoms with E-state index in [1.807, 2.05) is 18.2 Å². The summed E-state index contributed by atoms with van der Waals surface area (Å²) in [6.45, 7) is 11.0. The Hall–Kier alpha value is -1.52. The molecular weight excluding hydrogens is 340 g/mol. The monoisotopic (exact) mass is 374 g/mol. The molecule has 0 saturated heterocycles. The minimum Gasteiger partial charge on any atom is -0.370 e. The molecule has 0 heterocycles. The number of nitrogens with zero attached hydrogens (tertiary/aromatic N) is 1. The summed E-state index contributed by atoms with van der Waals surface area (Å²) >= 11 is 1.72. The third kappa shape index (κ3) is 8.24. The van der Waals surface area contributed by atoms with Gasteiger partial charge >= 0.3 is 0 Å². The maximum absolute atomic E-state index is 11.3. The lowest BCUT2D eigenvalue weighted by molar-refractivity contribution is 0.112. The van der Waals surface area contributed by atoms with Crippen molar-refractivity contribution in [3.05, 3.63) is 53.5 Å². The van der Waals surface area contributed by atoms with Gasteiger partial charge < -0.3 is 10.2 Å². The number of aldehydes is 1. The molecule has 26 heavy (non-hydrogen) atoms. The Morgan fingerprint density at radius 3 is 2.81 bits per heavy atom. The molecule has 1 aromatic rings. The highest BCUT2D eigenvalue weighted by Gasteiger charge is 2.12. The van der Waals surface area contributed by atoms with Crippen LogP contribution in [0, 0.1) is 0 Å². The predicted octanol–water partition coefficient (Wildman–Crippen LogP) is 5.08. The number of carbonyl (C=O) groups is 1. The van der Waals surface area contributed by atoms with Crippen LogP contribution >= 0.6 is 11.8 Å². The largest absolute Gasteiger partial charge is 0.370 e. The van der Waals surface area contributed by atoms with E-state index in [0.717, 1.165) is 50.7 Å². The fourth-order valence-electron chi connectivity index (χ4n) is 2.82. The van der Waals surface area contributed by atoms with E-state index < -0.39 is 0 Å². The number of carbonyl (C=O) groups excluding carboxylic acids is 1. The van der Waals surface area contributed by atoms with E-state index in [1.165, 1.54) is 17.7 Å². The van der Waals surface area contributed by atoms with E-state index >= 15 is 0 Å². The van der Waals surface area contributed by atoms with Gasteiger partial charge in [-0.05, 0) is 49.5 Å². The molecule has 1 rings (SSSR count). The van der Waals surface area contributed by atoms with Gasteiger partial charge in [0.2, 0.25) is 0 Å². The van der Waals surface area contributed by atoms with Gasteiger partial charge in [0, 0.05) is 36.9 Å². The number of hydrogen-bond acceptors (Lipinski definition) is 4. The van der Waals surface area contributed by atoms with Crippen LogP contribution in [0.4, 0.5) is 5.69 Å². The summed E-state index contributed by atoms with van der Waals surface area (Å²) < 4.78 is 0. The van der Waals surface area contributed by atoms with E-state index in [2.05, 4.69) is 54.4 Å². The second-order valence-electron chi connectivity index (χ2n) is 6.48. The van der Waals surface area contributed by atoms with Crippen LogP contribution in [0.5, 0.6) is 0 Å². The summed E-state index contributed by atoms with van der Waals surface area (Å²) in [5.74, 6) is 0. The van der Waals surface area contributed by atoms with Gasteiger partial charge in [0.1, 0.15) is 6.29 Å². The molecule has 0 saturated carbocycles. The van der Waals surface area contributed by atoms with Crippen molar-refractivity contribution in [2.45, 2.75) is 45.6 Å². The Bertz CT molecular complexity index is 571. The summed E-state index contributed by atoms with van der Waals surface area (Å²) in [5, 5.41) is 5.66. The molecule has 0 spiro atoms. The minimum atomic E-state index is 0.351. The number of unbranched alkanes of at least 4 members (excludes halogenated alkanes) is 1. The van der Waals surface area contributed by atoms with Crippen molar-refractivity contribution < 1.29 is 4.79 Å². The summed E-state index contributed by atoms with van der Waals surface area (Å²) in [7, 11) is 0. The first-order valence-electron chi connectivity index (χ1n) is 9.53. The second-order valence-corrected chi connectivity index (χ2v) is 7.22. The van der Waals surface area contributed by atoms with E-state index in [1.54, 1.807) is 11.8 Å². The molecule has 0 aliphatic heterocycles. The Balaban J connectivity index is 2.90. The molecule has 3 nitrogen and oxygen atoms in total. The second kappa shape index (κ2) is 13.7. The number of aryl methyl sites for hydroxylation is 1. The number of hydrogen-bond donors (Lipinski definition) is 1. The van der Waals surface area contributed by atoms with Gasteiger partial charge in [0.15, 0.2) is 0 Å². The number of rotatable bonds is 14. The third-order valence-corrected chi connectivity index (χ3v) is 4.77. The number of benzene rings is 1. The molecule has 0 aliphatic carbocycles. The molecule has 0 radical (unpaired) electrons. The molecule has 1 unspecified atom stereocenters. The van der Waals surface area contributed by atoms with E-state index in [9.17, 15) is 4.79 Å². The van der Waals surface area contributed by atoms with Gasteiger partial charge in [-0.2, -0.15) is 0 Å². The molecule has 1 aromatic carbocycles. The zero-order valence-electron chi connectivity index (χ0n) is 16.5. The lowest BCUT2D eigenvalue weighted by Crippen LogP contribution is -2.36. The first-order chi connectivity index (χ1) is 12.7. The number of anilines is 1. The lowest BCUT2D eigenvalue weighted by atomic mass is 10.0. The molecule has 0 aromatic heterocycles. The fraction of sp³-hybridized carbons (Fsp3) is 0.500. The van der Waals surface area contributed by atoms with Crippen LogP contribution < -0.4 is 10.2 Å². The van der Waals surface area contributed by atoms with Crippen molar-refractivity contribution in [1.29, 1.82) is 0 Å². The lowest BCUT2D eigenvalue weighted by Gasteiger charge is -2.28. The average Bonchev–Trinajstić information content (AvgIpc) is 2.67. The molecule has 1 atom stereocenters. The zero-order chi connectivity index (χ0) is 19.2. The summed E-state index contributed by atoms with van der Waals surface area (Å²) in [6.07, 6.45) is 11.5. The minimum absolute atomic E-state index is 0.351. The van der Waals surface area contributed by atoms with Crippen molar-refractivity contribution in [3.8, 4) is 0 Å². The van der Waals surface area contributed by atoms with Crippen molar-refractivity contribution in [2.75, 3.05) is 30.8 Å². The van der Waals surface area contributed by atoms with Gasteiger partial charge in [-0.1, -0.05) is 37.6 Å². The smallest absolute Gasteiger partial charge is 0.150 e. The standard InChI is InChI=1S/C22H34N2OS/c1-5-7-9-21-11-10-20(18-25)17-22(21)24(14-8-6-2)15-13-23-19(3)12-16-26-4/h6,10-12,16-19,23H,2,5,7-9,13-15H2,1,3-4H3/b16-12+. The summed E-state index contributed by atoms with van der Waals surface area (Å²) in [4.78, 5) is 13.7. The normalized spacial score (nSPS) is 12.3. The molecule has 0 fully saturated rings. The molecule has 144 valence electrons. The van der Waals surface area contributed by atoms with Crippen LogP contribution in [-0.4, -0.2) is 38.2 Å². The van der Waals surface area contributed by atoms with Crippen molar-refractivity contribution in [3.63, 3.8) is 0 Å². The SMILES string of the molecule is C=CCCN(CCNC(C)/C=C/SC)c1cc(C=O)ccc1CCCC. The van der Waals surface area contributed by atoms with Crippen LogP contribution in [0.25, 0.3) is 0 Å². The summed E-state index contributed by atoms with van der Waals surface area (Å²) in [5.41, 5.74) is 3.27. The van der Waals surface area contributed by atoms with E-state index in [-0.39, 0.29) is 0 Å². The average molecular weight is 375 g/mol. The van der Waals surface area contributed by atoms with Crippen LogP contribution in [-0.2, 0) is 6.42 Å². The number of nitrogens with one attached hydrogen (secondary N) is 1. The molecular formula is C22H34N2OS. The first-order valence-corrected chi connectivity index (χ1v) is 10.8. The Morgan fingerprint density at radius 2 is 2.15 bits per heavy atom. The highest BCUT2D eigenvalue weighted by molar-refractivity contribution is 8.01. The Kier molecular flexibility index (Phi) is 11.8. The van der Waals surface area contributed by atoms with Gasteiger partial charge in [-0.25, -0.2) is 0 Å². The number of thioether (sulfide) groups is 1. The summed E-state index contributed by atoms with van der Waals surface area (Å²) in [6, 6.07) is 6.44. The molecule has 1 N–H and O–H groups in total. The topological polar surface area (TPSA) is 32.3 Å². The van der Waals surface area contributed by atoms with Gasteiger partial charge in [0.25, 0.3) is 0 Å². The van der Waals surface area contributed by atoms with E-state index in [4.69, 9.17) is 0 Å². The van der Waals surface area contributed by atoms with Crippen molar-refractivity contribution in [2.24, 2.45) is 0 Å². The fourth-order valence-corrected chi connectivity index (χ4v) is 3.21. The molecule has 0 aliphatic rings. The van der Waals surface area contributed by atoms with Crippen LogP contribution in [0.1, 0.15) is 49.0 Å². The molecule has 0 bridgehead atoms. The zero-order valence-corrected chi connectivity index (χ0v) is 17.4. The van der Waals surface area contributed by atoms with Gasteiger partial charge in [-0.15, -0.1) is 18.3 Å². The van der Waals surface area contributed by atoms with Gasteiger partial charge in [-0.3, -0.25) is 4.79 Å². The predicted molar refractivity (Wildman–Crippen MR) is 118 cm³/mol. The van der Waals surface area contributed by atoms with Crippen LogP contribution in [0.2, 0.25) is 0 Å². The molecule has 4 heteroatoms. The maximum atomic E-state index is 11.3. The highest BCUT2D eigenvalue weighted by Crippen LogP contribution is 2.24. The third-order valence-electron chi connectivity index (χ3n) is 4.34. The van der Waals surface area contributed by atoms with Crippen LogP contribution in [0.15, 0.2) is 42.3 Å². The molecule has 0 amide bonds. The Morgan fingerprint density at radius 1 is 1.35 bits per heavy atom. The maximum Gasteiger partial charge on any atom is 0.150 e. The van der Waals surface area contributed by atoms with Crippen LogP contribution in [0.3, 0.4) is 0 Å². The van der Waals surface area contributed by atoms with E-state index in [0.29, 0.717) is 6.04 Å².